The molecule has 136 valence electrons. The number of benzene rings is 1. The first-order valence-corrected chi connectivity index (χ1v) is 7.94. The van der Waals surface area contributed by atoms with Crippen LogP contribution in [-0.4, -0.2) is 24.4 Å². The molecule has 0 aliphatic carbocycles. The normalized spacial score (nSPS) is 12.3. The molecule has 1 atom stereocenters. The van der Waals surface area contributed by atoms with Crippen LogP contribution in [0, 0.1) is 5.82 Å². The van der Waals surface area contributed by atoms with Gasteiger partial charge in [-0.1, -0.05) is 28.9 Å². The summed E-state index contributed by atoms with van der Waals surface area (Å²) < 4.78 is 20.1. The SMILES string of the molecule is Cn1cc(F)c(=O)n(Cc2nc(C[C@H](O)c3ccc(Cl)cc3)no2)c1=O. The highest BCUT2D eigenvalue weighted by molar-refractivity contribution is 6.30. The third kappa shape index (κ3) is 3.73. The summed E-state index contributed by atoms with van der Waals surface area (Å²) in [6.45, 7) is -0.368. The highest BCUT2D eigenvalue weighted by atomic mass is 35.5. The molecule has 0 saturated carbocycles. The van der Waals surface area contributed by atoms with E-state index in [1.165, 1.54) is 7.05 Å². The van der Waals surface area contributed by atoms with Gasteiger partial charge in [-0.3, -0.25) is 4.79 Å². The van der Waals surface area contributed by atoms with Gasteiger partial charge >= 0.3 is 5.69 Å². The number of aryl methyl sites for hydroxylation is 1. The van der Waals surface area contributed by atoms with Gasteiger partial charge in [0, 0.05) is 24.7 Å². The number of hydrogen-bond donors (Lipinski definition) is 1. The average molecular weight is 381 g/mol. The lowest BCUT2D eigenvalue weighted by molar-refractivity contribution is 0.174. The molecule has 0 bridgehead atoms. The molecule has 26 heavy (non-hydrogen) atoms. The zero-order chi connectivity index (χ0) is 18.8. The molecule has 0 aliphatic rings. The van der Waals surface area contributed by atoms with E-state index in [0.29, 0.717) is 15.2 Å². The van der Waals surface area contributed by atoms with Crippen LogP contribution in [0.4, 0.5) is 4.39 Å². The maximum atomic E-state index is 13.5. The summed E-state index contributed by atoms with van der Waals surface area (Å²) in [6, 6.07) is 6.63. The lowest BCUT2D eigenvalue weighted by Gasteiger charge is -2.08. The van der Waals surface area contributed by atoms with Crippen molar-refractivity contribution in [2.45, 2.75) is 19.1 Å². The molecule has 0 radical (unpaired) electrons. The largest absolute Gasteiger partial charge is 0.388 e. The van der Waals surface area contributed by atoms with Crippen molar-refractivity contribution in [1.29, 1.82) is 0 Å². The monoisotopic (exact) mass is 380 g/mol. The molecule has 3 aromatic rings. The van der Waals surface area contributed by atoms with Crippen molar-refractivity contribution < 1.29 is 14.0 Å². The van der Waals surface area contributed by atoms with Crippen LogP contribution in [0.1, 0.15) is 23.4 Å². The maximum absolute atomic E-state index is 13.5. The summed E-state index contributed by atoms with van der Waals surface area (Å²) in [5.74, 6) is -0.929. The van der Waals surface area contributed by atoms with Gasteiger partial charge < -0.3 is 14.2 Å². The minimum atomic E-state index is -1.07. The predicted octanol–water partition coefficient (Wildman–Crippen LogP) is 1.05. The summed E-state index contributed by atoms with van der Waals surface area (Å²) >= 11 is 5.80. The van der Waals surface area contributed by atoms with Gasteiger partial charge in [-0.05, 0) is 17.7 Å². The minimum absolute atomic E-state index is 0.0480. The van der Waals surface area contributed by atoms with Crippen LogP contribution >= 0.6 is 11.6 Å². The van der Waals surface area contributed by atoms with Crippen LogP contribution in [0.15, 0.2) is 44.6 Å². The van der Waals surface area contributed by atoms with E-state index in [2.05, 4.69) is 10.1 Å². The summed E-state index contributed by atoms with van der Waals surface area (Å²) in [5, 5.41) is 14.5. The van der Waals surface area contributed by atoms with Gasteiger partial charge in [0.15, 0.2) is 5.82 Å². The minimum Gasteiger partial charge on any atom is -0.388 e. The molecular weight excluding hydrogens is 367 g/mol. The van der Waals surface area contributed by atoms with Crippen molar-refractivity contribution >= 4 is 11.6 Å². The van der Waals surface area contributed by atoms with Gasteiger partial charge in [0.1, 0.15) is 6.54 Å². The molecule has 0 aliphatic heterocycles. The van der Waals surface area contributed by atoms with Gasteiger partial charge in [0.25, 0.3) is 5.56 Å². The summed E-state index contributed by atoms with van der Waals surface area (Å²) in [4.78, 5) is 27.8. The van der Waals surface area contributed by atoms with Crippen LogP contribution in [0.3, 0.4) is 0 Å². The van der Waals surface area contributed by atoms with Gasteiger partial charge in [0.05, 0.1) is 6.10 Å². The number of aliphatic hydroxyl groups is 1. The lowest BCUT2D eigenvalue weighted by atomic mass is 10.1. The highest BCUT2D eigenvalue weighted by Crippen LogP contribution is 2.19. The van der Waals surface area contributed by atoms with Gasteiger partial charge in [-0.25, -0.2) is 9.36 Å². The Balaban J connectivity index is 1.78. The number of halogens is 2. The van der Waals surface area contributed by atoms with E-state index in [4.69, 9.17) is 16.1 Å². The Morgan fingerprint density at radius 1 is 1.31 bits per heavy atom. The zero-order valence-corrected chi connectivity index (χ0v) is 14.4. The molecule has 0 fully saturated rings. The van der Waals surface area contributed by atoms with Crippen molar-refractivity contribution in [3.8, 4) is 0 Å². The number of aliphatic hydroxyl groups excluding tert-OH is 1. The molecule has 10 heteroatoms. The van der Waals surface area contributed by atoms with Crippen molar-refractivity contribution in [2.24, 2.45) is 7.05 Å². The molecule has 0 spiro atoms. The maximum Gasteiger partial charge on any atom is 0.331 e. The highest BCUT2D eigenvalue weighted by Gasteiger charge is 2.16. The van der Waals surface area contributed by atoms with Gasteiger partial charge in [-0.15, -0.1) is 0 Å². The molecule has 0 amide bonds. The van der Waals surface area contributed by atoms with Crippen molar-refractivity contribution in [3.63, 3.8) is 0 Å². The Morgan fingerprint density at radius 3 is 2.69 bits per heavy atom. The van der Waals surface area contributed by atoms with Crippen LogP contribution in [0.5, 0.6) is 0 Å². The van der Waals surface area contributed by atoms with Crippen molar-refractivity contribution in [3.05, 3.63) is 79.4 Å². The Kier molecular flexibility index (Phi) is 5.01. The number of nitrogens with zero attached hydrogens (tertiary/aromatic N) is 4. The quantitative estimate of drug-likeness (QED) is 0.709. The Labute approximate surface area is 151 Å². The Hall–Kier alpha value is -2.78. The second-order valence-corrected chi connectivity index (χ2v) is 6.07. The van der Waals surface area contributed by atoms with E-state index in [1.54, 1.807) is 24.3 Å². The van der Waals surface area contributed by atoms with Crippen LogP contribution in [-0.2, 0) is 20.0 Å². The lowest BCUT2D eigenvalue weighted by Crippen LogP contribution is -2.40. The van der Waals surface area contributed by atoms with Crippen LogP contribution < -0.4 is 11.2 Å². The molecular formula is C16H14ClFN4O4. The van der Waals surface area contributed by atoms with Crippen LogP contribution in [0.25, 0.3) is 0 Å². The Bertz CT molecular complexity index is 1010. The molecule has 8 nitrogen and oxygen atoms in total. The number of hydrogen-bond acceptors (Lipinski definition) is 6. The fourth-order valence-electron chi connectivity index (χ4n) is 2.37. The zero-order valence-electron chi connectivity index (χ0n) is 13.6. The van der Waals surface area contributed by atoms with Crippen molar-refractivity contribution in [2.75, 3.05) is 0 Å². The second-order valence-electron chi connectivity index (χ2n) is 5.64. The number of rotatable bonds is 5. The molecule has 1 aromatic carbocycles. The van der Waals surface area contributed by atoms with Gasteiger partial charge in [-0.2, -0.15) is 9.37 Å². The first-order valence-electron chi connectivity index (χ1n) is 7.56. The third-order valence-corrected chi connectivity index (χ3v) is 3.98. The standard InChI is InChI=1S/C16H14ClFN4O4/c1-21-7-11(18)15(24)22(16(21)25)8-14-19-13(20-26-14)6-12(23)9-2-4-10(17)5-3-9/h2-5,7,12,23H,6,8H2,1H3/t12-/m0/s1. The van der Waals surface area contributed by atoms with E-state index >= 15 is 0 Å². The van der Waals surface area contributed by atoms with E-state index in [1.807, 2.05) is 0 Å². The molecule has 2 aromatic heterocycles. The molecule has 0 saturated heterocycles. The fraction of sp³-hybridized carbons (Fsp3) is 0.250. The summed E-state index contributed by atoms with van der Waals surface area (Å²) in [5.41, 5.74) is -1.16. The first-order chi connectivity index (χ1) is 12.3. The third-order valence-electron chi connectivity index (χ3n) is 3.72. The molecule has 2 heterocycles. The second kappa shape index (κ2) is 7.22. The first kappa shape index (κ1) is 18.0. The average Bonchev–Trinajstić information content (AvgIpc) is 3.04. The topological polar surface area (TPSA) is 103 Å². The van der Waals surface area contributed by atoms with Crippen LogP contribution in [0.2, 0.25) is 5.02 Å². The van der Waals surface area contributed by atoms with Gasteiger partial charge in [0.2, 0.25) is 11.7 Å². The van der Waals surface area contributed by atoms with E-state index in [9.17, 15) is 19.1 Å². The molecule has 3 rings (SSSR count). The Morgan fingerprint density at radius 2 is 2.00 bits per heavy atom. The van der Waals surface area contributed by atoms with E-state index < -0.39 is 23.2 Å². The summed E-state index contributed by atoms with van der Waals surface area (Å²) in [6.07, 6.45) is -0.0214. The summed E-state index contributed by atoms with van der Waals surface area (Å²) in [7, 11) is 1.32. The van der Waals surface area contributed by atoms with Crippen molar-refractivity contribution in [1.82, 2.24) is 19.3 Å². The molecule has 0 unspecified atom stereocenters. The number of aromatic nitrogens is 4. The fourth-order valence-corrected chi connectivity index (χ4v) is 2.50. The predicted molar refractivity (Wildman–Crippen MR) is 89.4 cm³/mol. The van der Waals surface area contributed by atoms with E-state index in [0.717, 1.165) is 10.8 Å². The van der Waals surface area contributed by atoms with E-state index in [-0.39, 0.29) is 24.7 Å². The molecule has 1 N–H and O–H groups in total. The smallest absolute Gasteiger partial charge is 0.331 e.